The third-order valence-corrected chi connectivity index (χ3v) is 5.36. The number of nitrogens with one attached hydrogen (secondary N) is 1. The third kappa shape index (κ3) is 5.45. The summed E-state index contributed by atoms with van der Waals surface area (Å²) in [6.07, 6.45) is 3.21. The standard InChI is InChI=1S/C16H27NOS/c1-4-10-15(17-6-3)16(5-2)19(18)13-14-11-8-7-9-12-14/h7-9,11-12,15-17H,4-6,10,13H2,1-3H3. The normalized spacial score (nSPS) is 15.9. The Morgan fingerprint density at radius 2 is 1.84 bits per heavy atom. The maximum atomic E-state index is 12.6. The molecule has 3 atom stereocenters. The molecule has 0 aliphatic heterocycles. The summed E-state index contributed by atoms with van der Waals surface area (Å²) in [6.45, 7) is 7.41. The fraction of sp³-hybridized carbons (Fsp3) is 0.625. The van der Waals surface area contributed by atoms with Crippen LogP contribution >= 0.6 is 0 Å². The van der Waals surface area contributed by atoms with E-state index in [0.717, 1.165) is 25.8 Å². The Morgan fingerprint density at radius 1 is 1.16 bits per heavy atom. The van der Waals surface area contributed by atoms with Gasteiger partial charge in [0.1, 0.15) is 0 Å². The lowest BCUT2D eigenvalue weighted by Crippen LogP contribution is -2.42. The molecule has 0 aliphatic rings. The number of hydrogen-bond acceptors (Lipinski definition) is 2. The predicted octanol–water partition coefficient (Wildman–Crippen LogP) is 3.49. The Hall–Kier alpha value is -0.670. The second-order valence-corrected chi connectivity index (χ2v) is 6.57. The van der Waals surface area contributed by atoms with Crippen molar-refractivity contribution in [1.82, 2.24) is 5.32 Å². The van der Waals surface area contributed by atoms with Gasteiger partial charge in [-0.3, -0.25) is 4.21 Å². The zero-order chi connectivity index (χ0) is 14.1. The van der Waals surface area contributed by atoms with Crippen LogP contribution in [-0.2, 0) is 16.6 Å². The van der Waals surface area contributed by atoms with Gasteiger partial charge < -0.3 is 5.32 Å². The molecule has 0 spiro atoms. The highest BCUT2D eigenvalue weighted by Crippen LogP contribution is 2.16. The van der Waals surface area contributed by atoms with Crippen LogP contribution in [0.25, 0.3) is 0 Å². The second-order valence-electron chi connectivity index (χ2n) is 4.91. The van der Waals surface area contributed by atoms with Crippen molar-refractivity contribution in [2.45, 2.75) is 57.1 Å². The molecular formula is C16H27NOS. The van der Waals surface area contributed by atoms with E-state index in [0.29, 0.717) is 11.8 Å². The molecule has 0 saturated carbocycles. The van der Waals surface area contributed by atoms with Crippen molar-refractivity contribution in [2.75, 3.05) is 6.54 Å². The van der Waals surface area contributed by atoms with Crippen molar-refractivity contribution < 1.29 is 4.21 Å². The smallest absolute Gasteiger partial charge is 0.0502 e. The first-order valence-electron chi connectivity index (χ1n) is 7.37. The zero-order valence-electron chi connectivity index (χ0n) is 12.4. The van der Waals surface area contributed by atoms with Crippen molar-refractivity contribution in [3.05, 3.63) is 35.9 Å². The molecule has 1 aromatic carbocycles. The molecule has 108 valence electrons. The van der Waals surface area contributed by atoms with E-state index in [4.69, 9.17) is 0 Å². The molecule has 0 heterocycles. The van der Waals surface area contributed by atoms with E-state index < -0.39 is 10.8 Å². The number of benzene rings is 1. The molecule has 0 aliphatic carbocycles. The molecule has 1 N–H and O–H groups in total. The fourth-order valence-electron chi connectivity index (χ4n) is 2.49. The molecule has 2 nitrogen and oxygen atoms in total. The van der Waals surface area contributed by atoms with Crippen molar-refractivity contribution in [3.8, 4) is 0 Å². The predicted molar refractivity (Wildman–Crippen MR) is 84.7 cm³/mol. The van der Waals surface area contributed by atoms with Crippen LogP contribution in [0.2, 0.25) is 0 Å². The Labute approximate surface area is 120 Å². The van der Waals surface area contributed by atoms with Crippen LogP contribution in [0.4, 0.5) is 0 Å². The van der Waals surface area contributed by atoms with Crippen LogP contribution in [0.5, 0.6) is 0 Å². The number of hydrogen-bond donors (Lipinski definition) is 1. The van der Waals surface area contributed by atoms with Gasteiger partial charge in [0.25, 0.3) is 0 Å². The molecule has 0 aromatic heterocycles. The van der Waals surface area contributed by atoms with E-state index >= 15 is 0 Å². The van der Waals surface area contributed by atoms with Gasteiger partial charge in [-0.05, 0) is 24.9 Å². The summed E-state index contributed by atoms with van der Waals surface area (Å²) in [7, 11) is -0.804. The van der Waals surface area contributed by atoms with Crippen molar-refractivity contribution >= 4 is 10.8 Å². The molecule has 3 unspecified atom stereocenters. The summed E-state index contributed by atoms with van der Waals surface area (Å²) in [6, 6.07) is 10.5. The average Bonchev–Trinajstić information content (AvgIpc) is 2.41. The molecular weight excluding hydrogens is 254 g/mol. The maximum Gasteiger partial charge on any atom is 0.0502 e. The van der Waals surface area contributed by atoms with E-state index in [2.05, 4.69) is 38.2 Å². The van der Waals surface area contributed by atoms with E-state index in [-0.39, 0.29) is 5.25 Å². The van der Waals surface area contributed by atoms with Gasteiger partial charge in [-0.15, -0.1) is 0 Å². The van der Waals surface area contributed by atoms with Crippen LogP contribution in [0.15, 0.2) is 30.3 Å². The number of rotatable bonds is 9. The molecule has 3 heteroatoms. The van der Waals surface area contributed by atoms with Gasteiger partial charge in [0.2, 0.25) is 0 Å². The van der Waals surface area contributed by atoms with Gasteiger partial charge in [0, 0.05) is 22.6 Å². The van der Waals surface area contributed by atoms with E-state index in [1.54, 1.807) is 0 Å². The zero-order valence-corrected chi connectivity index (χ0v) is 13.2. The first-order valence-corrected chi connectivity index (χ1v) is 8.75. The molecule has 0 saturated heterocycles. The Morgan fingerprint density at radius 3 is 2.37 bits per heavy atom. The second kappa shape index (κ2) is 9.27. The minimum Gasteiger partial charge on any atom is -0.313 e. The van der Waals surface area contributed by atoms with Crippen LogP contribution in [0.1, 0.15) is 45.6 Å². The van der Waals surface area contributed by atoms with Crippen molar-refractivity contribution in [2.24, 2.45) is 0 Å². The lowest BCUT2D eigenvalue weighted by atomic mass is 10.1. The maximum absolute atomic E-state index is 12.6. The molecule has 1 rings (SSSR count). The molecule has 19 heavy (non-hydrogen) atoms. The topological polar surface area (TPSA) is 29.1 Å². The highest BCUT2D eigenvalue weighted by atomic mass is 32.2. The SMILES string of the molecule is CCCC(NCC)C(CC)S(=O)Cc1ccccc1. The van der Waals surface area contributed by atoms with E-state index in [9.17, 15) is 4.21 Å². The largest absolute Gasteiger partial charge is 0.313 e. The van der Waals surface area contributed by atoms with Gasteiger partial charge in [-0.25, -0.2) is 0 Å². The summed E-state index contributed by atoms with van der Waals surface area (Å²) >= 11 is 0. The Kier molecular flexibility index (Phi) is 7.99. The fourth-order valence-corrected chi connectivity index (χ4v) is 4.20. The molecule has 0 fully saturated rings. The van der Waals surface area contributed by atoms with Crippen molar-refractivity contribution in [1.29, 1.82) is 0 Å². The van der Waals surface area contributed by atoms with Crippen LogP contribution in [-0.4, -0.2) is 22.0 Å². The monoisotopic (exact) mass is 281 g/mol. The van der Waals surface area contributed by atoms with Crippen LogP contribution < -0.4 is 5.32 Å². The van der Waals surface area contributed by atoms with Gasteiger partial charge in [-0.2, -0.15) is 0 Å². The summed E-state index contributed by atoms with van der Waals surface area (Å²) < 4.78 is 12.6. The van der Waals surface area contributed by atoms with E-state index in [1.165, 1.54) is 5.56 Å². The third-order valence-electron chi connectivity index (χ3n) is 3.41. The average molecular weight is 281 g/mol. The van der Waals surface area contributed by atoms with Gasteiger partial charge >= 0.3 is 0 Å². The molecule has 0 amide bonds. The van der Waals surface area contributed by atoms with Crippen LogP contribution in [0.3, 0.4) is 0 Å². The first kappa shape index (κ1) is 16.4. The Bertz CT molecular complexity index is 360. The summed E-state index contributed by atoms with van der Waals surface area (Å²) in [5.41, 5.74) is 1.17. The van der Waals surface area contributed by atoms with Crippen LogP contribution in [0, 0.1) is 0 Å². The minimum absolute atomic E-state index is 0.250. The minimum atomic E-state index is -0.804. The summed E-state index contributed by atoms with van der Waals surface area (Å²) in [5, 5.41) is 3.76. The highest BCUT2D eigenvalue weighted by molar-refractivity contribution is 7.84. The molecule has 0 bridgehead atoms. The van der Waals surface area contributed by atoms with E-state index in [1.807, 2.05) is 18.2 Å². The Balaban J connectivity index is 2.69. The molecule has 1 aromatic rings. The van der Waals surface area contributed by atoms with Crippen molar-refractivity contribution in [3.63, 3.8) is 0 Å². The lowest BCUT2D eigenvalue weighted by molar-refractivity contribution is 0.458. The quantitative estimate of drug-likeness (QED) is 0.750. The lowest BCUT2D eigenvalue weighted by Gasteiger charge is -2.26. The summed E-state index contributed by atoms with van der Waals surface area (Å²) in [4.78, 5) is 0. The summed E-state index contributed by atoms with van der Waals surface area (Å²) in [5.74, 6) is 0.672. The van der Waals surface area contributed by atoms with Gasteiger partial charge in [-0.1, -0.05) is 57.5 Å². The first-order chi connectivity index (χ1) is 9.22. The molecule has 0 radical (unpaired) electrons. The highest BCUT2D eigenvalue weighted by Gasteiger charge is 2.24. The van der Waals surface area contributed by atoms with Gasteiger partial charge in [0.05, 0.1) is 5.25 Å². The van der Waals surface area contributed by atoms with Gasteiger partial charge in [0.15, 0.2) is 0 Å².